The molecule has 116 valence electrons. The van der Waals surface area contributed by atoms with E-state index < -0.39 is 11.7 Å². The molecule has 1 saturated heterocycles. The van der Waals surface area contributed by atoms with E-state index in [1.54, 1.807) is 12.1 Å². The third kappa shape index (κ3) is 2.76. The van der Waals surface area contributed by atoms with Gasteiger partial charge >= 0.3 is 6.18 Å². The van der Waals surface area contributed by atoms with Crippen LogP contribution in [0.2, 0.25) is 0 Å². The lowest BCUT2D eigenvalue weighted by Crippen LogP contribution is -2.34. The maximum Gasteiger partial charge on any atom is 0.416 e. The molecule has 1 aliphatic carbocycles. The normalized spacial score (nSPS) is 26.0. The topological polar surface area (TPSA) is 29.3 Å². The fourth-order valence-electron chi connectivity index (χ4n) is 3.93. The SMILES string of the molecule is NCc1cc(N2CCC3CCCCC32)ccc1C(F)(F)F. The van der Waals surface area contributed by atoms with Gasteiger partial charge in [0.2, 0.25) is 0 Å². The van der Waals surface area contributed by atoms with Gasteiger partial charge in [-0.3, -0.25) is 0 Å². The predicted octanol–water partition coefficient (Wildman–Crippen LogP) is 3.93. The summed E-state index contributed by atoms with van der Waals surface area (Å²) < 4.78 is 38.8. The molecule has 2 atom stereocenters. The maximum atomic E-state index is 12.9. The third-order valence-electron chi connectivity index (χ3n) is 4.96. The summed E-state index contributed by atoms with van der Waals surface area (Å²) in [6.07, 6.45) is 1.75. The number of nitrogens with two attached hydrogens (primary N) is 1. The maximum absolute atomic E-state index is 12.9. The van der Waals surface area contributed by atoms with Gasteiger partial charge in [0.1, 0.15) is 0 Å². The average molecular weight is 298 g/mol. The van der Waals surface area contributed by atoms with Crippen LogP contribution in [0.5, 0.6) is 0 Å². The predicted molar refractivity (Wildman–Crippen MR) is 77.0 cm³/mol. The molecule has 2 fully saturated rings. The zero-order chi connectivity index (χ0) is 15.0. The van der Waals surface area contributed by atoms with E-state index in [-0.39, 0.29) is 12.1 Å². The summed E-state index contributed by atoms with van der Waals surface area (Å²) in [6.45, 7) is 0.870. The molecular weight excluding hydrogens is 277 g/mol. The van der Waals surface area contributed by atoms with E-state index >= 15 is 0 Å². The van der Waals surface area contributed by atoms with Gasteiger partial charge in [0, 0.05) is 24.8 Å². The van der Waals surface area contributed by atoms with E-state index in [0.717, 1.165) is 25.1 Å². The van der Waals surface area contributed by atoms with Gasteiger partial charge in [0.05, 0.1) is 5.56 Å². The lowest BCUT2D eigenvalue weighted by molar-refractivity contribution is -0.138. The first kappa shape index (κ1) is 14.7. The highest BCUT2D eigenvalue weighted by molar-refractivity contribution is 5.53. The third-order valence-corrected chi connectivity index (χ3v) is 4.96. The number of benzene rings is 1. The van der Waals surface area contributed by atoms with Gasteiger partial charge in [-0.1, -0.05) is 12.8 Å². The smallest absolute Gasteiger partial charge is 0.368 e. The Hall–Kier alpha value is -1.23. The Labute approximate surface area is 123 Å². The van der Waals surface area contributed by atoms with Crippen LogP contribution in [0.15, 0.2) is 18.2 Å². The summed E-state index contributed by atoms with van der Waals surface area (Å²) in [5.41, 5.74) is 6.02. The molecule has 1 aromatic carbocycles. The van der Waals surface area contributed by atoms with E-state index in [1.165, 1.54) is 25.3 Å². The second-order valence-electron chi connectivity index (χ2n) is 6.14. The summed E-state index contributed by atoms with van der Waals surface area (Å²) in [4.78, 5) is 2.29. The molecule has 0 amide bonds. The summed E-state index contributed by atoms with van der Waals surface area (Å²) in [6, 6.07) is 4.94. The Balaban J connectivity index is 1.89. The van der Waals surface area contributed by atoms with Crippen LogP contribution in [0.3, 0.4) is 0 Å². The minimum atomic E-state index is -4.33. The Bertz CT molecular complexity index is 513. The van der Waals surface area contributed by atoms with Crippen molar-refractivity contribution in [1.82, 2.24) is 0 Å². The van der Waals surface area contributed by atoms with Gasteiger partial charge < -0.3 is 10.6 Å². The molecule has 2 N–H and O–H groups in total. The van der Waals surface area contributed by atoms with Crippen LogP contribution in [0.4, 0.5) is 18.9 Å². The molecule has 0 spiro atoms. The highest BCUT2D eigenvalue weighted by Gasteiger charge is 2.37. The quantitative estimate of drug-likeness (QED) is 0.896. The van der Waals surface area contributed by atoms with Crippen molar-refractivity contribution in [2.45, 2.75) is 50.9 Å². The van der Waals surface area contributed by atoms with E-state index in [9.17, 15) is 13.2 Å². The van der Waals surface area contributed by atoms with Crippen LogP contribution >= 0.6 is 0 Å². The Morgan fingerprint density at radius 3 is 2.62 bits per heavy atom. The molecule has 21 heavy (non-hydrogen) atoms. The molecule has 5 heteroatoms. The molecule has 3 rings (SSSR count). The monoisotopic (exact) mass is 298 g/mol. The summed E-state index contributed by atoms with van der Waals surface area (Å²) in [5, 5.41) is 0. The highest BCUT2D eigenvalue weighted by atomic mass is 19.4. The Morgan fingerprint density at radius 1 is 1.14 bits per heavy atom. The van der Waals surface area contributed by atoms with Crippen molar-refractivity contribution in [3.8, 4) is 0 Å². The first-order chi connectivity index (χ1) is 10.0. The first-order valence-electron chi connectivity index (χ1n) is 7.67. The van der Waals surface area contributed by atoms with Crippen molar-refractivity contribution in [2.24, 2.45) is 11.7 Å². The zero-order valence-electron chi connectivity index (χ0n) is 12.0. The van der Waals surface area contributed by atoms with Crippen LogP contribution in [-0.4, -0.2) is 12.6 Å². The summed E-state index contributed by atoms with van der Waals surface area (Å²) in [7, 11) is 0. The van der Waals surface area contributed by atoms with Crippen LogP contribution in [0.25, 0.3) is 0 Å². The van der Waals surface area contributed by atoms with Crippen molar-refractivity contribution in [3.05, 3.63) is 29.3 Å². The van der Waals surface area contributed by atoms with E-state index in [4.69, 9.17) is 5.73 Å². The summed E-state index contributed by atoms with van der Waals surface area (Å²) in [5.74, 6) is 0.711. The number of halogens is 3. The first-order valence-corrected chi connectivity index (χ1v) is 7.67. The number of anilines is 1. The van der Waals surface area contributed by atoms with Crippen molar-refractivity contribution >= 4 is 5.69 Å². The molecule has 1 aliphatic heterocycles. The Morgan fingerprint density at radius 2 is 1.90 bits per heavy atom. The van der Waals surface area contributed by atoms with Crippen molar-refractivity contribution < 1.29 is 13.2 Å². The number of fused-ring (bicyclic) bond motifs is 1. The van der Waals surface area contributed by atoms with Gasteiger partial charge in [-0.05, 0) is 48.9 Å². The molecule has 2 aliphatic rings. The average Bonchev–Trinajstić information content (AvgIpc) is 2.89. The number of rotatable bonds is 2. The van der Waals surface area contributed by atoms with Crippen LogP contribution in [-0.2, 0) is 12.7 Å². The van der Waals surface area contributed by atoms with Crippen LogP contribution in [0, 0.1) is 5.92 Å². The van der Waals surface area contributed by atoms with Crippen molar-refractivity contribution in [2.75, 3.05) is 11.4 Å². The van der Waals surface area contributed by atoms with Gasteiger partial charge in [-0.15, -0.1) is 0 Å². The number of nitrogens with zero attached hydrogens (tertiary/aromatic N) is 1. The van der Waals surface area contributed by atoms with Gasteiger partial charge in [-0.2, -0.15) is 13.2 Å². The highest BCUT2D eigenvalue weighted by Crippen LogP contribution is 2.40. The van der Waals surface area contributed by atoms with E-state index in [2.05, 4.69) is 4.90 Å². The lowest BCUT2D eigenvalue weighted by Gasteiger charge is -2.33. The minimum absolute atomic E-state index is 0.0788. The zero-order valence-corrected chi connectivity index (χ0v) is 12.0. The second kappa shape index (κ2) is 5.52. The number of alkyl halides is 3. The molecular formula is C16H21F3N2. The molecule has 1 aromatic rings. The van der Waals surface area contributed by atoms with Crippen molar-refractivity contribution in [3.63, 3.8) is 0 Å². The van der Waals surface area contributed by atoms with Crippen LogP contribution < -0.4 is 10.6 Å². The van der Waals surface area contributed by atoms with Gasteiger partial charge in [0.25, 0.3) is 0 Å². The minimum Gasteiger partial charge on any atom is -0.368 e. The largest absolute Gasteiger partial charge is 0.416 e. The van der Waals surface area contributed by atoms with E-state index in [0.29, 0.717) is 12.0 Å². The number of hydrogen-bond acceptors (Lipinski definition) is 2. The lowest BCUT2D eigenvalue weighted by atomic mass is 9.85. The standard InChI is InChI=1S/C16H21F3N2/c17-16(18,19)14-6-5-13(9-12(14)10-20)21-8-7-11-3-1-2-4-15(11)21/h5-6,9,11,15H,1-4,7-8,10,20H2. The summed E-state index contributed by atoms with van der Waals surface area (Å²) >= 11 is 0. The number of hydrogen-bond donors (Lipinski definition) is 1. The fraction of sp³-hybridized carbons (Fsp3) is 0.625. The molecule has 0 aromatic heterocycles. The fourth-order valence-corrected chi connectivity index (χ4v) is 3.93. The molecule has 1 heterocycles. The molecule has 0 radical (unpaired) electrons. The van der Waals surface area contributed by atoms with Gasteiger partial charge in [0.15, 0.2) is 0 Å². The van der Waals surface area contributed by atoms with Crippen molar-refractivity contribution in [1.29, 1.82) is 0 Å². The molecule has 1 saturated carbocycles. The second-order valence-corrected chi connectivity index (χ2v) is 6.14. The van der Waals surface area contributed by atoms with E-state index in [1.807, 2.05) is 0 Å². The molecule has 2 unspecified atom stereocenters. The molecule has 2 nitrogen and oxygen atoms in total. The van der Waals surface area contributed by atoms with Crippen LogP contribution in [0.1, 0.15) is 43.2 Å². The molecule has 0 bridgehead atoms. The van der Waals surface area contributed by atoms with Gasteiger partial charge in [-0.25, -0.2) is 0 Å². The Kier molecular flexibility index (Phi) is 3.86.